The largest absolute Gasteiger partial charge is 0.456 e. The fourth-order valence-corrected chi connectivity index (χ4v) is 4.35. The molecule has 0 aliphatic rings. The van der Waals surface area contributed by atoms with Gasteiger partial charge in [-0.2, -0.15) is 0 Å². The van der Waals surface area contributed by atoms with Crippen molar-refractivity contribution in [2.24, 2.45) is 0 Å². The molecule has 140 valence electrons. The number of benzene rings is 2. The summed E-state index contributed by atoms with van der Waals surface area (Å²) in [5.41, 5.74) is 2.30. The molecule has 0 radical (unpaired) electrons. The molecular weight excluding hydrogens is 406 g/mol. The van der Waals surface area contributed by atoms with Gasteiger partial charge in [0.25, 0.3) is 0 Å². The molecule has 0 amide bonds. The Morgan fingerprint density at radius 2 is 1.96 bits per heavy atom. The van der Waals surface area contributed by atoms with Crippen LogP contribution in [0.5, 0.6) is 0 Å². The number of ether oxygens (including phenoxy) is 1. The van der Waals surface area contributed by atoms with E-state index in [2.05, 4.69) is 4.98 Å². The molecule has 0 bridgehead atoms. The average Bonchev–Trinajstić information content (AvgIpc) is 3.07. The molecule has 8 heteroatoms. The molecular formula is C19H16ClNO4S2. The van der Waals surface area contributed by atoms with E-state index in [-0.39, 0.29) is 12.4 Å². The van der Waals surface area contributed by atoms with Gasteiger partial charge in [0, 0.05) is 17.2 Å². The van der Waals surface area contributed by atoms with Crippen LogP contribution in [0.3, 0.4) is 0 Å². The van der Waals surface area contributed by atoms with Gasteiger partial charge in [-0.1, -0.05) is 41.9 Å². The summed E-state index contributed by atoms with van der Waals surface area (Å²) in [6, 6.07) is 13.8. The van der Waals surface area contributed by atoms with E-state index in [0.29, 0.717) is 21.8 Å². The van der Waals surface area contributed by atoms with E-state index < -0.39 is 15.8 Å². The first kappa shape index (κ1) is 19.5. The number of sulfone groups is 1. The zero-order chi connectivity index (χ0) is 19.4. The molecule has 3 aromatic rings. The minimum absolute atomic E-state index is 0.0239. The Bertz CT molecular complexity index is 1080. The number of rotatable bonds is 6. The molecule has 2 aromatic carbocycles. The fraction of sp³-hybridized carbons (Fsp3) is 0.158. The highest BCUT2D eigenvalue weighted by molar-refractivity contribution is 7.89. The number of nitrogens with zero attached hydrogens (tertiary/aromatic N) is 1. The van der Waals surface area contributed by atoms with Crippen molar-refractivity contribution in [3.63, 3.8) is 0 Å². The summed E-state index contributed by atoms with van der Waals surface area (Å²) >= 11 is 7.59. The smallest absolute Gasteiger partial charge is 0.338 e. The van der Waals surface area contributed by atoms with Gasteiger partial charge in [0.15, 0.2) is 9.84 Å². The summed E-state index contributed by atoms with van der Waals surface area (Å²) in [7, 11) is -3.17. The molecule has 3 rings (SSSR count). The highest BCUT2D eigenvalue weighted by Crippen LogP contribution is 2.30. The quantitative estimate of drug-likeness (QED) is 0.552. The molecule has 0 unspecified atom stereocenters. The molecule has 0 saturated carbocycles. The maximum atomic E-state index is 12.2. The molecule has 0 spiro atoms. The summed E-state index contributed by atoms with van der Waals surface area (Å²) < 4.78 is 28.1. The number of hydrogen-bond donors (Lipinski definition) is 0. The van der Waals surface area contributed by atoms with Crippen LogP contribution in [0, 0.1) is 0 Å². The van der Waals surface area contributed by atoms with E-state index in [1.807, 2.05) is 23.6 Å². The molecule has 27 heavy (non-hydrogen) atoms. The first-order valence-corrected chi connectivity index (χ1v) is 11.3. The van der Waals surface area contributed by atoms with Gasteiger partial charge in [0.1, 0.15) is 11.6 Å². The molecule has 0 aliphatic heterocycles. The summed E-state index contributed by atoms with van der Waals surface area (Å²) in [6.07, 6.45) is 1.15. The minimum atomic E-state index is -3.17. The molecule has 0 aliphatic carbocycles. The van der Waals surface area contributed by atoms with E-state index in [1.54, 1.807) is 24.3 Å². The summed E-state index contributed by atoms with van der Waals surface area (Å²) in [5.74, 6) is -0.654. The molecule has 1 heterocycles. The van der Waals surface area contributed by atoms with Gasteiger partial charge in [-0.15, -0.1) is 11.3 Å². The number of carbonyl (C=O) groups excluding carboxylic acids is 1. The van der Waals surface area contributed by atoms with Crippen molar-refractivity contribution in [2.45, 2.75) is 12.4 Å². The van der Waals surface area contributed by atoms with Crippen molar-refractivity contribution < 1.29 is 17.9 Å². The normalized spacial score (nSPS) is 11.3. The number of carbonyl (C=O) groups is 1. The summed E-state index contributed by atoms with van der Waals surface area (Å²) in [6.45, 7) is 0.0239. The molecule has 5 nitrogen and oxygen atoms in total. The monoisotopic (exact) mass is 421 g/mol. The van der Waals surface area contributed by atoms with Gasteiger partial charge in [-0.25, -0.2) is 18.2 Å². The molecule has 0 N–H and O–H groups in total. The van der Waals surface area contributed by atoms with Gasteiger partial charge < -0.3 is 4.74 Å². The van der Waals surface area contributed by atoms with E-state index in [0.717, 1.165) is 16.8 Å². The second-order valence-electron chi connectivity index (χ2n) is 5.97. The van der Waals surface area contributed by atoms with Gasteiger partial charge in [0.05, 0.1) is 22.0 Å². The van der Waals surface area contributed by atoms with E-state index in [4.69, 9.17) is 16.3 Å². The van der Waals surface area contributed by atoms with Crippen molar-refractivity contribution in [3.8, 4) is 10.6 Å². The van der Waals surface area contributed by atoms with Crippen molar-refractivity contribution in [1.29, 1.82) is 0 Å². The third-order valence-corrected chi connectivity index (χ3v) is 5.71. The van der Waals surface area contributed by atoms with E-state index >= 15 is 0 Å². The van der Waals surface area contributed by atoms with E-state index in [1.165, 1.54) is 17.4 Å². The molecule has 0 saturated heterocycles. The molecule has 0 atom stereocenters. The van der Waals surface area contributed by atoms with Gasteiger partial charge in [-0.3, -0.25) is 0 Å². The van der Waals surface area contributed by atoms with Crippen LogP contribution in [-0.4, -0.2) is 25.6 Å². The zero-order valence-electron chi connectivity index (χ0n) is 14.4. The lowest BCUT2D eigenvalue weighted by Gasteiger charge is -2.05. The maximum absolute atomic E-state index is 12.2. The lowest BCUT2D eigenvalue weighted by atomic mass is 10.1. The number of halogens is 1. The Kier molecular flexibility index (Phi) is 5.94. The first-order chi connectivity index (χ1) is 12.8. The number of aromatic nitrogens is 1. The Morgan fingerprint density at radius 1 is 1.19 bits per heavy atom. The second kappa shape index (κ2) is 8.21. The van der Waals surface area contributed by atoms with Gasteiger partial charge in [0.2, 0.25) is 0 Å². The molecule has 0 fully saturated rings. The van der Waals surface area contributed by atoms with Crippen LogP contribution in [0.1, 0.15) is 21.6 Å². The number of thiazole rings is 1. The van der Waals surface area contributed by atoms with Crippen LogP contribution in [0.25, 0.3) is 10.6 Å². The van der Waals surface area contributed by atoms with Gasteiger partial charge >= 0.3 is 5.97 Å². The third kappa shape index (κ3) is 5.38. The van der Waals surface area contributed by atoms with Crippen LogP contribution in [-0.2, 0) is 26.9 Å². The summed E-state index contributed by atoms with van der Waals surface area (Å²) in [5, 5.41) is 3.17. The topological polar surface area (TPSA) is 73.3 Å². The van der Waals surface area contributed by atoms with Crippen molar-refractivity contribution in [3.05, 3.63) is 75.8 Å². The second-order valence-corrected chi connectivity index (χ2v) is 9.38. The van der Waals surface area contributed by atoms with Gasteiger partial charge in [-0.05, 0) is 23.8 Å². The first-order valence-electron chi connectivity index (χ1n) is 7.95. The van der Waals surface area contributed by atoms with Crippen molar-refractivity contribution in [1.82, 2.24) is 4.98 Å². The molecule has 1 aromatic heterocycles. The Hall–Kier alpha value is -2.22. The van der Waals surface area contributed by atoms with Crippen LogP contribution < -0.4 is 0 Å². The highest BCUT2D eigenvalue weighted by Gasteiger charge is 2.13. The lowest BCUT2D eigenvalue weighted by molar-refractivity contribution is 0.0468. The standard InChI is InChI=1S/C19H16ClNO4S2/c1-27(23,24)12-13-5-4-6-14(9-13)19(22)25-10-15-11-26-18(21-15)16-7-2-3-8-17(16)20/h2-9,11H,10,12H2,1H3. The Labute approximate surface area is 166 Å². The fourth-order valence-electron chi connectivity index (χ4n) is 2.45. The van der Waals surface area contributed by atoms with E-state index in [9.17, 15) is 13.2 Å². The average molecular weight is 422 g/mol. The third-order valence-electron chi connectivity index (χ3n) is 3.60. The number of hydrogen-bond acceptors (Lipinski definition) is 6. The van der Waals surface area contributed by atoms with Crippen LogP contribution in [0.2, 0.25) is 5.02 Å². The SMILES string of the molecule is CS(=O)(=O)Cc1cccc(C(=O)OCc2csc(-c3ccccc3Cl)n2)c1. The van der Waals surface area contributed by atoms with Crippen LogP contribution in [0.4, 0.5) is 0 Å². The summed E-state index contributed by atoms with van der Waals surface area (Å²) in [4.78, 5) is 16.7. The van der Waals surface area contributed by atoms with Crippen molar-refractivity contribution in [2.75, 3.05) is 6.26 Å². The predicted octanol–water partition coefficient (Wildman–Crippen LogP) is 4.37. The maximum Gasteiger partial charge on any atom is 0.338 e. The minimum Gasteiger partial charge on any atom is -0.456 e. The Morgan fingerprint density at radius 3 is 2.70 bits per heavy atom. The predicted molar refractivity (Wildman–Crippen MR) is 107 cm³/mol. The number of esters is 1. The van der Waals surface area contributed by atoms with Crippen LogP contribution in [0.15, 0.2) is 53.9 Å². The van der Waals surface area contributed by atoms with Crippen molar-refractivity contribution >= 4 is 38.7 Å². The van der Waals surface area contributed by atoms with Crippen LogP contribution >= 0.6 is 22.9 Å². The lowest BCUT2D eigenvalue weighted by Crippen LogP contribution is -2.07. The zero-order valence-corrected chi connectivity index (χ0v) is 16.8. The Balaban J connectivity index is 1.66. The highest BCUT2D eigenvalue weighted by atomic mass is 35.5.